The van der Waals surface area contributed by atoms with Gasteiger partial charge in [-0.2, -0.15) is 4.39 Å². The maximum atomic E-state index is 12.9. The summed E-state index contributed by atoms with van der Waals surface area (Å²) in [6.45, 7) is -0.228. The molecule has 1 unspecified atom stereocenters. The molecule has 1 aromatic heterocycles. The van der Waals surface area contributed by atoms with Gasteiger partial charge in [0.05, 0.1) is 6.61 Å². The van der Waals surface area contributed by atoms with Crippen molar-refractivity contribution in [3.63, 3.8) is 0 Å². The second kappa shape index (κ2) is 3.81. The molecule has 1 aromatic rings. The molecule has 2 heterocycles. The summed E-state index contributed by atoms with van der Waals surface area (Å²) in [4.78, 5) is 24.6. The first-order valence-corrected chi connectivity index (χ1v) is 4.50. The molecule has 0 bridgehead atoms. The largest absolute Gasteiger partial charge is 0.388 e. The van der Waals surface area contributed by atoms with E-state index in [1.807, 2.05) is 4.98 Å². The number of nitrogens with zero attached hydrogens (tertiary/aromatic N) is 1. The molecule has 0 radical (unpaired) electrons. The average Bonchev–Trinajstić information content (AvgIpc) is 2.56. The van der Waals surface area contributed by atoms with Gasteiger partial charge in [-0.3, -0.25) is 4.79 Å². The van der Waals surface area contributed by atoms with Gasteiger partial charge in [0.2, 0.25) is 5.82 Å². The summed E-state index contributed by atoms with van der Waals surface area (Å²) in [5, 5.41) is 18.6. The third-order valence-electron chi connectivity index (χ3n) is 2.34. The number of nitrogens with one attached hydrogen (secondary N) is 1. The fraction of sp³-hybridized carbons (Fsp3) is 0.500. The van der Waals surface area contributed by atoms with Crippen LogP contribution in [0.1, 0.15) is 6.23 Å². The predicted octanol–water partition coefficient (Wildman–Crippen LogP) is -2.07. The fourth-order valence-electron chi connectivity index (χ4n) is 1.51. The van der Waals surface area contributed by atoms with Crippen LogP contribution >= 0.6 is 0 Å². The number of aromatic nitrogens is 2. The molecule has 3 N–H and O–H groups in total. The van der Waals surface area contributed by atoms with Crippen LogP contribution in [0.5, 0.6) is 0 Å². The minimum Gasteiger partial charge on any atom is -0.388 e. The van der Waals surface area contributed by atoms with Crippen molar-refractivity contribution >= 4 is 0 Å². The van der Waals surface area contributed by atoms with Gasteiger partial charge < -0.3 is 19.9 Å². The molecule has 1 aliphatic heterocycles. The van der Waals surface area contributed by atoms with E-state index in [2.05, 4.69) is 0 Å². The van der Waals surface area contributed by atoms with E-state index in [9.17, 15) is 24.2 Å². The standard InChI is InChI=1S/C8H9FN2O5/c9-3-1-10-8(15)11(6(3)14)7-5(13)4(12)2-16-7/h1,4-5,7,12-13H,2H2,(H,10,15)/t4-,5-,7?/m0/s1. The third-order valence-corrected chi connectivity index (χ3v) is 2.34. The maximum Gasteiger partial charge on any atom is 0.330 e. The minimum atomic E-state index is -1.44. The smallest absolute Gasteiger partial charge is 0.330 e. The molecule has 1 aliphatic rings. The van der Waals surface area contributed by atoms with E-state index in [-0.39, 0.29) is 6.61 Å². The molecule has 88 valence electrons. The highest BCUT2D eigenvalue weighted by Crippen LogP contribution is 2.21. The molecular formula is C8H9FN2O5. The molecule has 16 heavy (non-hydrogen) atoms. The number of halogens is 1. The molecule has 0 amide bonds. The number of aromatic amines is 1. The normalized spacial score (nSPS) is 29.6. The number of hydrogen-bond acceptors (Lipinski definition) is 5. The SMILES string of the molecule is O=c1[nH]cc(F)c(=O)n1C1OC[C@H](O)[C@@H]1O. The van der Waals surface area contributed by atoms with E-state index in [0.717, 1.165) is 0 Å². The third kappa shape index (κ3) is 1.56. The van der Waals surface area contributed by atoms with E-state index < -0.39 is 35.5 Å². The first-order valence-electron chi connectivity index (χ1n) is 4.50. The zero-order valence-electron chi connectivity index (χ0n) is 7.96. The van der Waals surface area contributed by atoms with Gasteiger partial charge in [-0.1, -0.05) is 0 Å². The molecule has 0 saturated carbocycles. The number of hydrogen-bond donors (Lipinski definition) is 3. The summed E-state index contributed by atoms with van der Waals surface area (Å²) in [7, 11) is 0. The van der Waals surface area contributed by atoms with Crippen LogP contribution in [0.3, 0.4) is 0 Å². The van der Waals surface area contributed by atoms with Crippen LogP contribution in [0.2, 0.25) is 0 Å². The van der Waals surface area contributed by atoms with Crippen molar-refractivity contribution in [2.75, 3.05) is 6.61 Å². The van der Waals surface area contributed by atoms with Crippen LogP contribution in [-0.4, -0.2) is 38.6 Å². The molecule has 1 saturated heterocycles. The Balaban J connectivity index is 2.53. The van der Waals surface area contributed by atoms with Crippen molar-refractivity contribution in [1.29, 1.82) is 0 Å². The van der Waals surface area contributed by atoms with E-state index in [1.165, 1.54) is 0 Å². The van der Waals surface area contributed by atoms with E-state index in [4.69, 9.17) is 4.74 Å². The van der Waals surface area contributed by atoms with Crippen molar-refractivity contribution in [2.45, 2.75) is 18.4 Å². The number of ether oxygens (including phenoxy) is 1. The predicted molar refractivity (Wildman–Crippen MR) is 48.3 cm³/mol. The zero-order chi connectivity index (χ0) is 11.9. The van der Waals surface area contributed by atoms with Crippen LogP contribution in [0, 0.1) is 5.82 Å². The lowest BCUT2D eigenvalue weighted by Gasteiger charge is -2.15. The zero-order valence-corrected chi connectivity index (χ0v) is 7.96. The first-order chi connectivity index (χ1) is 7.52. The molecule has 3 atom stereocenters. The van der Waals surface area contributed by atoms with Crippen molar-refractivity contribution < 1.29 is 19.3 Å². The Kier molecular flexibility index (Phi) is 2.62. The van der Waals surface area contributed by atoms with Gasteiger partial charge in [0.1, 0.15) is 12.2 Å². The van der Waals surface area contributed by atoms with Crippen molar-refractivity contribution in [3.8, 4) is 0 Å². The second-order valence-corrected chi connectivity index (χ2v) is 3.40. The second-order valence-electron chi connectivity index (χ2n) is 3.40. The number of H-pyrrole nitrogens is 1. The lowest BCUT2D eigenvalue weighted by molar-refractivity contribution is -0.0237. The Morgan fingerprint density at radius 2 is 2.19 bits per heavy atom. The van der Waals surface area contributed by atoms with Crippen molar-refractivity contribution in [2.24, 2.45) is 0 Å². The molecule has 0 spiro atoms. The first kappa shape index (κ1) is 11.0. The van der Waals surface area contributed by atoms with Crippen LogP contribution in [-0.2, 0) is 4.74 Å². The van der Waals surface area contributed by atoms with E-state index in [1.54, 1.807) is 0 Å². The summed E-state index contributed by atoms with van der Waals surface area (Å²) in [6.07, 6.45) is -3.40. The summed E-state index contributed by atoms with van der Waals surface area (Å²) in [6, 6.07) is 0. The molecule has 8 heteroatoms. The summed E-state index contributed by atoms with van der Waals surface area (Å²) in [5.41, 5.74) is -2.12. The molecule has 7 nitrogen and oxygen atoms in total. The topological polar surface area (TPSA) is 105 Å². The molecule has 0 aromatic carbocycles. The number of rotatable bonds is 1. The van der Waals surface area contributed by atoms with Gasteiger partial charge in [-0.25, -0.2) is 9.36 Å². The monoisotopic (exact) mass is 232 g/mol. The Hall–Kier alpha value is -1.51. The summed E-state index contributed by atoms with van der Waals surface area (Å²) >= 11 is 0. The summed E-state index contributed by atoms with van der Waals surface area (Å²) in [5.74, 6) is -1.17. The quantitative estimate of drug-likeness (QED) is 0.515. The van der Waals surface area contributed by atoms with Gasteiger partial charge in [0.15, 0.2) is 6.23 Å². The summed E-state index contributed by atoms with van der Waals surface area (Å²) < 4.78 is 18.2. The van der Waals surface area contributed by atoms with Gasteiger partial charge in [-0.15, -0.1) is 0 Å². The highest BCUT2D eigenvalue weighted by Gasteiger charge is 2.37. The molecule has 0 aliphatic carbocycles. The van der Waals surface area contributed by atoms with Gasteiger partial charge >= 0.3 is 5.69 Å². The fourth-order valence-corrected chi connectivity index (χ4v) is 1.51. The Labute approximate surface area is 87.7 Å². The van der Waals surface area contributed by atoms with Crippen LogP contribution in [0.25, 0.3) is 0 Å². The van der Waals surface area contributed by atoms with Crippen LogP contribution in [0.4, 0.5) is 4.39 Å². The highest BCUT2D eigenvalue weighted by molar-refractivity contribution is 4.92. The lowest BCUT2D eigenvalue weighted by atomic mass is 10.2. The maximum absolute atomic E-state index is 12.9. The Bertz CT molecular complexity index is 510. The Morgan fingerprint density at radius 3 is 2.75 bits per heavy atom. The number of aliphatic hydroxyl groups is 2. The molecular weight excluding hydrogens is 223 g/mol. The van der Waals surface area contributed by atoms with Gasteiger partial charge in [0, 0.05) is 6.20 Å². The number of aliphatic hydroxyl groups excluding tert-OH is 2. The molecule has 1 fully saturated rings. The van der Waals surface area contributed by atoms with E-state index in [0.29, 0.717) is 10.8 Å². The van der Waals surface area contributed by atoms with E-state index >= 15 is 0 Å². The van der Waals surface area contributed by atoms with Gasteiger partial charge in [0.25, 0.3) is 5.56 Å². The highest BCUT2D eigenvalue weighted by atomic mass is 19.1. The minimum absolute atomic E-state index is 0.228. The lowest BCUT2D eigenvalue weighted by Crippen LogP contribution is -2.43. The van der Waals surface area contributed by atoms with Crippen LogP contribution in [0.15, 0.2) is 15.8 Å². The Morgan fingerprint density at radius 1 is 1.50 bits per heavy atom. The van der Waals surface area contributed by atoms with Crippen molar-refractivity contribution in [3.05, 3.63) is 32.9 Å². The van der Waals surface area contributed by atoms with Gasteiger partial charge in [-0.05, 0) is 0 Å². The van der Waals surface area contributed by atoms with Crippen LogP contribution < -0.4 is 11.2 Å². The average molecular weight is 232 g/mol. The van der Waals surface area contributed by atoms with Crippen molar-refractivity contribution in [1.82, 2.24) is 9.55 Å². The molecule has 2 rings (SSSR count).